The Morgan fingerprint density at radius 1 is 0.556 bits per heavy atom. The Morgan fingerprint density at radius 3 is 1.15 bits per heavy atom. The van der Waals surface area contributed by atoms with Crippen LogP contribution in [0.2, 0.25) is 0 Å². The standard InChI is InChI=1S/C17H30N3O7/c21-16-14-12-10-8-6-4-2-1-3-5-7-9-11-13-15-17(18(22)23,19(24)25)20(26)27/h1-15H2. The largest absolute Gasteiger partial charge is 0.699 e. The van der Waals surface area contributed by atoms with E-state index in [1.165, 1.54) is 19.3 Å². The van der Waals surface area contributed by atoms with Crippen LogP contribution in [0.5, 0.6) is 0 Å². The van der Waals surface area contributed by atoms with E-state index in [1.807, 2.05) is 6.29 Å². The molecule has 0 amide bonds. The quantitative estimate of drug-likeness (QED) is 0.137. The second-order valence-corrected chi connectivity index (χ2v) is 6.79. The number of hydrogen-bond acceptors (Lipinski definition) is 7. The summed E-state index contributed by atoms with van der Waals surface area (Å²) in [6.45, 7) is 0. The average molecular weight is 388 g/mol. The highest BCUT2D eigenvalue weighted by Crippen LogP contribution is 2.21. The summed E-state index contributed by atoms with van der Waals surface area (Å²) in [6, 6.07) is 0. The summed E-state index contributed by atoms with van der Waals surface area (Å²) in [5.74, 6) is -3.31. The number of nitrogens with zero attached hydrogens (tertiary/aromatic N) is 3. The molecule has 0 N–H and O–H groups in total. The van der Waals surface area contributed by atoms with Gasteiger partial charge in [-0.3, -0.25) is 35.1 Å². The summed E-state index contributed by atoms with van der Waals surface area (Å²) in [6.07, 6.45) is 14.0. The summed E-state index contributed by atoms with van der Waals surface area (Å²) in [4.78, 5) is 38.2. The van der Waals surface area contributed by atoms with Gasteiger partial charge in [-0.1, -0.05) is 70.6 Å². The van der Waals surface area contributed by atoms with Crippen LogP contribution in [0.25, 0.3) is 0 Å². The molecule has 0 bridgehead atoms. The van der Waals surface area contributed by atoms with Gasteiger partial charge in [0.05, 0.1) is 0 Å². The van der Waals surface area contributed by atoms with E-state index in [0.717, 1.165) is 51.4 Å². The predicted octanol–water partition coefficient (Wildman–Crippen LogP) is 4.43. The van der Waals surface area contributed by atoms with E-state index in [9.17, 15) is 35.1 Å². The second-order valence-electron chi connectivity index (χ2n) is 6.79. The van der Waals surface area contributed by atoms with Gasteiger partial charge >= 0.3 is 5.79 Å². The highest BCUT2D eigenvalue weighted by Gasteiger charge is 2.69. The molecule has 0 aromatic carbocycles. The molecule has 27 heavy (non-hydrogen) atoms. The Balaban J connectivity index is 3.64. The van der Waals surface area contributed by atoms with Crippen LogP contribution >= 0.6 is 0 Å². The van der Waals surface area contributed by atoms with Crippen molar-refractivity contribution in [2.24, 2.45) is 0 Å². The highest BCUT2D eigenvalue weighted by atomic mass is 16.7. The number of nitro groups is 3. The maximum absolute atomic E-state index is 10.8. The van der Waals surface area contributed by atoms with Gasteiger partial charge in [0.15, 0.2) is 27.5 Å². The smallest absolute Gasteiger partial charge is 0.291 e. The second kappa shape index (κ2) is 15.0. The van der Waals surface area contributed by atoms with Gasteiger partial charge in [0.1, 0.15) is 0 Å². The van der Waals surface area contributed by atoms with E-state index in [-0.39, 0.29) is 6.42 Å². The number of hydrogen-bond donors (Lipinski definition) is 0. The number of carbonyl (C=O) groups excluding carboxylic acids is 1. The molecule has 0 unspecified atom stereocenters. The lowest BCUT2D eigenvalue weighted by Gasteiger charge is -2.08. The Bertz CT molecular complexity index is 435. The van der Waals surface area contributed by atoms with Crippen LogP contribution in [-0.4, -0.2) is 26.8 Å². The Morgan fingerprint density at radius 2 is 0.852 bits per heavy atom. The van der Waals surface area contributed by atoms with Crippen LogP contribution in [0.1, 0.15) is 96.3 Å². The molecule has 0 aliphatic rings. The fourth-order valence-corrected chi connectivity index (χ4v) is 2.98. The van der Waals surface area contributed by atoms with Crippen molar-refractivity contribution in [1.29, 1.82) is 0 Å². The third kappa shape index (κ3) is 9.95. The first-order valence-electron chi connectivity index (χ1n) is 9.68. The van der Waals surface area contributed by atoms with Crippen LogP contribution in [0.4, 0.5) is 0 Å². The lowest BCUT2D eigenvalue weighted by Crippen LogP contribution is -2.53. The fraction of sp³-hybridized carbons (Fsp3) is 0.941. The molecular formula is C17H30N3O7. The number of rotatable bonds is 19. The molecule has 0 fully saturated rings. The third-order valence-corrected chi connectivity index (χ3v) is 4.67. The number of unbranched alkanes of at least 4 members (excludes halogenated alkanes) is 13. The molecule has 0 aliphatic carbocycles. The SMILES string of the molecule is O=[C]CCCCCCCCCCCCCCCC([N+](=O)[O-])([N+](=O)[O-])[N+](=O)[O-]. The minimum atomic E-state index is -3.31. The summed E-state index contributed by atoms with van der Waals surface area (Å²) in [5, 5.41) is 32.4. The molecule has 0 aromatic rings. The normalized spacial score (nSPS) is 11.3. The first-order chi connectivity index (χ1) is 12.9. The van der Waals surface area contributed by atoms with Crippen LogP contribution < -0.4 is 0 Å². The van der Waals surface area contributed by atoms with Gasteiger partial charge in [0.25, 0.3) is 0 Å². The Kier molecular flexibility index (Phi) is 13.8. The van der Waals surface area contributed by atoms with Crippen molar-refractivity contribution in [2.75, 3.05) is 0 Å². The lowest BCUT2D eigenvalue weighted by molar-refractivity contribution is -0.970. The molecule has 0 spiro atoms. The van der Waals surface area contributed by atoms with Crippen molar-refractivity contribution in [3.63, 3.8) is 0 Å². The monoisotopic (exact) mass is 388 g/mol. The van der Waals surface area contributed by atoms with Gasteiger partial charge < -0.3 is 0 Å². The lowest BCUT2D eigenvalue weighted by atomic mass is 10.0. The molecule has 0 aliphatic heterocycles. The predicted molar refractivity (Wildman–Crippen MR) is 98.7 cm³/mol. The topological polar surface area (TPSA) is 146 Å². The van der Waals surface area contributed by atoms with Crippen molar-refractivity contribution in [3.05, 3.63) is 30.3 Å². The van der Waals surface area contributed by atoms with E-state index < -0.39 is 27.0 Å². The summed E-state index contributed by atoms with van der Waals surface area (Å²) in [5.41, 5.74) is 0. The van der Waals surface area contributed by atoms with Gasteiger partial charge in [-0.15, -0.1) is 0 Å². The fourth-order valence-electron chi connectivity index (χ4n) is 2.98. The first-order valence-corrected chi connectivity index (χ1v) is 9.68. The van der Waals surface area contributed by atoms with Crippen molar-refractivity contribution < 1.29 is 19.6 Å². The van der Waals surface area contributed by atoms with E-state index in [4.69, 9.17) is 0 Å². The highest BCUT2D eigenvalue weighted by molar-refractivity contribution is 5.50. The Hall–Kier alpha value is -2.13. The van der Waals surface area contributed by atoms with Gasteiger partial charge in [0.2, 0.25) is 0 Å². The minimum Gasteiger partial charge on any atom is -0.291 e. The minimum absolute atomic E-state index is 0.0881. The van der Waals surface area contributed by atoms with Crippen molar-refractivity contribution in [2.45, 2.75) is 102 Å². The van der Waals surface area contributed by atoms with Crippen molar-refractivity contribution >= 4 is 6.29 Å². The first kappa shape index (κ1) is 24.9. The van der Waals surface area contributed by atoms with Crippen LogP contribution in [-0.2, 0) is 4.79 Å². The average Bonchev–Trinajstić information content (AvgIpc) is 2.60. The van der Waals surface area contributed by atoms with Crippen molar-refractivity contribution in [1.82, 2.24) is 0 Å². The molecule has 0 saturated heterocycles. The van der Waals surface area contributed by atoms with E-state index in [1.54, 1.807) is 0 Å². The molecular weight excluding hydrogens is 358 g/mol. The Labute approximate surface area is 159 Å². The zero-order chi connectivity index (χ0) is 20.5. The van der Waals surface area contributed by atoms with E-state index in [0.29, 0.717) is 12.8 Å². The van der Waals surface area contributed by atoms with Gasteiger partial charge in [-0.25, -0.2) is 0 Å². The molecule has 10 nitrogen and oxygen atoms in total. The summed E-state index contributed by atoms with van der Waals surface area (Å²) in [7, 11) is 0. The molecule has 10 heteroatoms. The van der Waals surface area contributed by atoms with Crippen LogP contribution in [0.3, 0.4) is 0 Å². The molecule has 0 atom stereocenters. The van der Waals surface area contributed by atoms with Gasteiger partial charge in [-0.05, 0) is 12.8 Å². The summed E-state index contributed by atoms with van der Waals surface area (Å²) >= 11 is 0. The molecule has 1 radical (unpaired) electrons. The molecule has 0 aromatic heterocycles. The van der Waals surface area contributed by atoms with E-state index in [2.05, 4.69) is 0 Å². The van der Waals surface area contributed by atoms with Crippen molar-refractivity contribution in [3.8, 4) is 0 Å². The molecule has 0 rings (SSSR count). The van der Waals surface area contributed by atoms with Crippen LogP contribution in [0.15, 0.2) is 0 Å². The molecule has 0 heterocycles. The van der Waals surface area contributed by atoms with Gasteiger partial charge in [0, 0.05) is 6.42 Å². The molecule has 155 valence electrons. The van der Waals surface area contributed by atoms with Gasteiger partial charge in [-0.2, -0.15) is 0 Å². The zero-order valence-corrected chi connectivity index (χ0v) is 15.8. The van der Waals surface area contributed by atoms with E-state index >= 15 is 0 Å². The third-order valence-electron chi connectivity index (χ3n) is 4.67. The molecule has 0 saturated carbocycles. The zero-order valence-electron chi connectivity index (χ0n) is 15.8. The van der Waals surface area contributed by atoms with Crippen LogP contribution in [0, 0.1) is 30.3 Å². The summed E-state index contributed by atoms with van der Waals surface area (Å²) < 4.78 is 0. The maximum Gasteiger partial charge on any atom is 0.699 e. The maximum atomic E-state index is 10.8.